The Hall–Kier alpha value is -2.26. The summed E-state index contributed by atoms with van der Waals surface area (Å²) in [6, 6.07) is 15.7. The molecule has 3 nitrogen and oxygen atoms in total. The molecule has 3 rings (SSSR count). The first-order valence-corrected chi connectivity index (χ1v) is 8.07. The molecule has 0 saturated heterocycles. The highest BCUT2D eigenvalue weighted by Crippen LogP contribution is 2.27. The van der Waals surface area contributed by atoms with Crippen LogP contribution in [0.4, 0.5) is 5.69 Å². The van der Waals surface area contributed by atoms with Crippen molar-refractivity contribution in [3.05, 3.63) is 53.6 Å². The van der Waals surface area contributed by atoms with E-state index in [1.807, 2.05) is 56.3 Å². The summed E-state index contributed by atoms with van der Waals surface area (Å²) in [4.78, 5) is 15.3. The fourth-order valence-electron chi connectivity index (χ4n) is 2.61. The third-order valence-corrected chi connectivity index (χ3v) is 3.87. The van der Waals surface area contributed by atoms with E-state index in [1.54, 1.807) is 0 Å². The van der Waals surface area contributed by atoms with Crippen molar-refractivity contribution < 1.29 is 4.79 Å². The van der Waals surface area contributed by atoms with Crippen LogP contribution in [0.15, 0.2) is 48.5 Å². The van der Waals surface area contributed by atoms with Gasteiger partial charge in [0, 0.05) is 39.3 Å². The summed E-state index contributed by atoms with van der Waals surface area (Å²) in [5.74, 6) is 0.386. The van der Waals surface area contributed by atoms with E-state index in [2.05, 4.69) is 16.4 Å². The molecule has 0 bridgehead atoms. The molecule has 1 aromatic heterocycles. The Morgan fingerprint density at radius 3 is 2.78 bits per heavy atom. The van der Waals surface area contributed by atoms with Crippen LogP contribution in [0.2, 0.25) is 5.02 Å². The van der Waals surface area contributed by atoms with Crippen molar-refractivity contribution in [1.29, 1.82) is 0 Å². The lowest BCUT2D eigenvalue weighted by molar-refractivity contribution is -0.116. The van der Waals surface area contributed by atoms with Gasteiger partial charge in [0.25, 0.3) is 0 Å². The van der Waals surface area contributed by atoms with Crippen molar-refractivity contribution in [1.82, 2.24) is 4.98 Å². The minimum Gasteiger partial charge on any atom is -0.355 e. The lowest BCUT2D eigenvalue weighted by Crippen LogP contribution is -2.13. The number of H-pyrrole nitrogens is 1. The normalized spacial score (nSPS) is 11.1. The van der Waals surface area contributed by atoms with Gasteiger partial charge in [-0.05, 0) is 42.3 Å². The SMILES string of the molecule is CC(C)CC(=O)Nc1cccc(-c2cc3cc(Cl)ccc3[nH]2)c1. The van der Waals surface area contributed by atoms with Gasteiger partial charge >= 0.3 is 0 Å². The van der Waals surface area contributed by atoms with E-state index in [4.69, 9.17) is 11.6 Å². The van der Waals surface area contributed by atoms with E-state index in [1.165, 1.54) is 0 Å². The molecule has 1 amide bonds. The van der Waals surface area contributed by atoms with Crippen LogP contribution in [-0.4, -0.2) is 10.9 Å². The van der Waals surface area contributed by atoms with E-state index in [0.29, 0.717) is 12.3 Å². The fraction of sp³-hybridized carbons (Fsp3) is 0.211. The van der Waals surface area contributed by atoms with Crippen LogP contribution in [0, 0.1) is 5.92 Å². The van der Waals surface area contributed by atoms with E-state index in [9.17, 15) is 4.79 Å². The molecule has 0 fully saturated rings. The molecule has 1 heterocycles. The second-order valence-electron chi connectivity index (χ2n) is 6.14. The number of hydrogen-bond acceptors (Lipinski definition) is 1. The Morgan fingerprint density at radius 1 is 1.17 bits per heavy atom. The first-order chi connectivity index (χ1) is 11.0. The highest BCUT2D eigenvalue weighted by Gasteiger charge is 2.08. The highest BCUT2D eigenvalue weighted by atomic mass is 35.5. The fourth-order valence-corrected chi connectivity index (χ4v) is 2.79. The number of nitrogens with one attached hydrogen (secondary N) is 2. The van der Waals surface area contributed by atoms with Crippen LogP contribution in [0.1, 0.15) is 20.3 Å². The van der Waals surface area contributed by atoms with E-state index < -0.39 is 0 Å². The number of amides is 1. The largest absolute Gasteiger partial charge is 0.355 e. The first-order valence-electron chi connectivity index (χ1n) is 7.70. The zero-order valence-corrected chi connectivity index (χ0v) is 13.9. The number of aromatic amines is 1. The summed E-state index contributed by atoms with van der Waals surface area (Å²) in [6.45, 7) is 4.07. The van der Waals surface area contributed by atoms with E-state index in [0.717, 1.165) is 32.9 Å². The van der Waals surface area contributed by atoms with Gasteiger partial charge in [0.15, 0.2) is 0 Å². The number of anilines is 1. The summed E-state index contributed by atoms with van der Waals surface area (Å²) in [7, 11) is 0. The van der Waals surface area contributed by atoms with Gasteiger partial charge < -0.3 is 10.3 Å². The maximum atomic E-state index is 11.9. The van der Waals surface area contributed by atoms with Crippen molar-refractivity contribution in [3.63, 3.8) is 0 Å². The monoisotopic (exact) mass is 326 g/mol. The Labute approximate surface area is 140 Å². The number of halogens is 1. The molecular formula is C19H19ClN2O. The van der Waals surface area contributed by atoms with Crippen molar-refractivity contribution >= 4 is 34.1 Å². The van der Waals surface area contributed by atoms with Crippen LogP contribution in [0.25, 0.3) is 22.2 Å². The van der Waals surface area contributed by atoms with Gasteiger partial charge in [-0.25, -0.2) is 0 Å². The number of carbonyl (C=O) groups is 1. The topological polar surface area (TPSA) is 44.9 Å². The highest BCUT2D eigenvalue weighted by molar-refractivity contribution is 6.31. The Balaban J connectivity index is 1.87. The van der Waals surface area contributed by atoms with Gasteiger partial charge in [-0.3, -0.25) is 4.79 Å². The summed E-state index contributed by atoms with van der Waals surface area (Å²) in [6.07, 6.45) is 0.523. The summed E-state index contributed by atoms with van der Waals surface area (Å²) in [5, 5.41) is 4.74. The maximum Gasteiger partial charge on any atom is 0.224 e. The molecule has 3 aromatic rings. The second kappa shape index (κ2) is 6.47. The zero-order valence-electron chi connectivity index (χ0n) is 13.2. The number of benzene rings is 2. The number of aromatic nitrogens is 1. The quantitative estimate of drug-likeness (QED) is 0.655. The lowest BCUT2D eigenvalue weighted by Gasteiger charge is -2.08. The number of carbonyl (C=O) groups excluding carboxylic acids is 1. The summed E-state index contributed by atoms with van der Waals surface area (Å²) < 4.78 is 0. The molecule has 0 atom stereocenters. The van der Waals surface area contributed by atoms with Crippen molar-refractivity contribution in [3.8, 4) is 11.3 Å². The van der Waals surface area contributed by atoms with Gasteiger partial charge in [-0.15, -0.1) is 0 Å². The molecule has 0 spiro atoms. The second-order valence-corrected chi connectivity index (χ2v) is 6.58. The number of hydrogen-bond donors (Lipinski definition) is 2. The third-order valence-electron chi connectivity index (χ3n) is 3.63. The number of rotatable bonds is 4. The molecule has 0 radical (unpaired) electrons. The van der Waals surface area contributed by atoms with Gasteiger partial charge in [0.2, 0.25) is 5.91 Å². The van der Waals surface area contributed by atoms with Crippen molar-refractivity contribution in [2.75, 3.05) is 5.32 Å². The van der Waals surface area contributed by atoms with Gasteiger partial charge in [0.1, 0.15) is 0 Å². The summed E-state index contributed by atoms with van der Waals surface area (Å²) >= 11 is 6.04. The predicted molar refractivity (Wildman–Crippen MR) is 96.8 cm³/mol. The van der Waals surface area contributed by atoms with Gasteiger partial charge in [0.05, 0.1) is 0 Å². The first kappa shape index (κ1) is 15.6. The predicted octanol–water partition coefficient (Wildman–Crippen LogP) is 5.47. The molecular weight excluding hydrogens is 308 g/mol. The minimum absolute atomic E-state index is 0.0422. The van der Waals surface area contributed by atoms with Crippen molar-refractivity contribution in [2.24, 2.45) is 5.92 Å². The molecule has 2 N–H and O–H groups in total. The van der Waals surface area contributed by atoms with Crippen LogP contribution in [0.3, 0.4) is 0 Å². The average Bonchev–Trinajstić information content (AvgIpc) is 2.89. The molecule has 0 aliphatic carbocycles. The molecule has 0 saturated carbocycles. The van der Waals surface area contributed by atoms with Crippen LogP contribution in [0.5, 0.6) is 0 Å². The van der Waals surface area contributed by atoms with Gasteiger partial charge in [-0.1, -0.05) is 37.6 Å². The zero-order chi connectivity index (χ0) is 16.4. The van der Waals surface area contributed by atoms with Crippen LogP contribution >= 0.6 is 11.6 Å². The minimum atomic E-state index is 0.0422. The third kappa shape index (κ3) is 3.74. The van der Waals surface area contributed by atoms with Crippen LogP contribution in [-0.2, 0) is 4.79 Å². The molecule has 0 aliphatic rings. The standard InChI is InChI=1S/C19H19ClN2O/c1-12(2)8-19(23)21-16-5-3-4-13(10-16)18-11-14-9-15(20)6-7-17(14)22-18/h3-7,9-12,22H,8H2,1-2H3,(H,21,23). The molecule has 0 aliphatic heterocycles. The smallest absolute Gasteiger partial charge is 0.224 e. The maximum absolute atomic E-state index is 11.9. The van der Waals surface area contributed by atoms with E-state index >= 15 is 0 Å². The van der Waals surface area contributed by atoms with Gasteiger partial charge in [-0.2, -0.15) is 0 Å². The summed E-state index contributed by atoms with van der Waals surface area (Å²) in [5.41, 5.74) is 3.88. The molecule has 2 aromatic carbocycles. The number of fused-ring (bicyclic) bond motifs is 1. The lowest BCUT2D eigenvalue weighted by atomic mass is 10.1. The molecule has 4 heteroatoms. The average molecular weight is 327 g/mol. The Kier molecular flexibility index (Phi) is 4.39. The Morgan fingerprint density at radius 2 is 2.00 bits per heavy atom. The van der Waals surface area contributed by atoms with E-state index in [-0.39, 0.29) is 5.91 Å². The molecule has 118 valence electrons. The molecule has 0 unspecified atom stereocenters. The van der Waals surface area contributed by atoms with Crippen molar-refractivity contribution in [2.45, 2.75) is 20.3 Å². The van der Waals surface area contributed by atoms with Crippen LogP contribution < -0.4 is 5.32 Å². The Bertz CT molecular complexity index is 851. The molecule has 23 heavy (non-hydrogen) atoms.